The summed E-state index contributed by atoms with van der Waals surface area (Å²) in [7, 11) is 0. The third kappa shape index (κ3) is 4.06. The first kappa shape index (κ1) is 22.3. The highest BCUT2D eigenvalue weighted by Gasteiger charge is 2.44. The number of carbonyl (C=O) groups excluding carboxylic acids is 3. The number of ketones is 1. The average molecular weight is 414 g/mol. The van der Waals surface area contributed by atoms with Crippen molar-refractivity contribution in [1.82, 2.24) is 10.3 Å². The van der Waals surface area contributed by atoms with Gasteiger partial charge < -0.3 is 15.0 Å². The Labute approximate surface area is 173 Å². The molecule has 0 unspecified atom stereocenters. The first-order valence-electron chi connectivity index (χ1n) is 8.97. The topological polar surface area (TPSA) is 136 Å². The molecule has 0 saturated heterocycles. The Morgan fingerprint density at radius 3 is 2.38 bits per heavy atom. The van der Waals surface area contributed by atoms with Gasteiger partial charge in [0.2, 0.25) is 5.91 Å². The Morgan fingerprint density at radius 2 is 1.83 bits per heavy atom. The monoisotopic (exact) mass is 414 g/mol. The fraction of sp³-hybridized carbons (Fsp3) is 0.450. The second-order valence-corrected chi connectivity index (χ2v) is 8.13. The van der Waals surface area contributed by atoms with Crippen molar-refractivity contribution >= 4 is 29.4 Å². The normalized spacial score (nSPS) is 17.9. The SMILES string of the molecule is CCOC(=O)c1c(C)[nH]c(C)c1C(=O)CSC1=C(C#N)C(C)(C)[C@H](C#N)C(=O)N1. The van der Waals surface area contributed by atoms with E-state index in [0.717, 1.165) is 11.8 Å². The van der Waals surface area contributed by atoms with Crippen molar-refractivity contribution in [2.45, 2.75) is 34.6 Å². The van der Waals surface area contributed by atoms with E-state index in [-0.39, 0.29) is 39.9 Å². The van der Waals surface area contributed by atoms with E-state index in [2.05, 4.69) is 16.4 Å². The second kappa shape index (κ2) is 8.54. The number of nitrogens with one attached hydrogen (secondary N) is 2. The van der Waals surface area contributed by atoms with Gasteiger partial charge in [-0.25, -0.2) is 4.79 Å². The molecule has 0 aliphatic carbocycles. The Morgan fingerprint density at radius 1 is 1.21 bits per heavy atom. The minimum Gasteiger partial charge on any atom is -0.462 e. The van der Waals surface area contributed by atoms with Gasteiger partial charge in [-0.05, 0) is 20.8 Å². The molecule has 1 aliphatic rings. The molecular formula is C20H22N4O4S. The first-order valence-corrected chi connectivity index (χ1v) is 9.96. The molecule has 8 nitrogen and oxygen atoms in total. The molecule has 29 heavy (non-hydrogen) atoms. The van der Waals surface area contributed by atoms with Crippen molar-refractivity contribution in [1.29, 1.82) is 10.5 Å². The maximum absolute atomic E-state index is 12.9. The number of rotatable bonds is 6. The summed E-state index contributed by atoms with van der Waals surface area (Å²) in [6.45, 7) is 8.55. The smallest absolute Gasteiger partial charge is 0.340 e. The van der Waals surface area contributed by atoms with E-state index in [1.807, 2.05) is 6.07 Å². The van der Waals surface area contributed by atoms with Crippen LogP contribution >= 0.6 is 11.8 Å². The maximum atomic E-state index is 12.9. The quantitative estimate of drug-likeness (QED) is 0.539. The summed E-state index contributed by atoms with van der Waals surface area (Å²) in [5.41, 5.74) is 0.784. The number of aromatic amines is 1. The minimum absolute atomic E-state index is 0.0986. The predicted octanol–water partition coefficient (Wildman–Crippen LogP) is 2.76. The molecule has 0 spiro atoms. The number of nitrogens with zero attached hydrogens (tertiary/aromatic N) is 2. The average Bonchev–Trinajstić information content (AvgIpc) is 2.93. The van der Waals surface area contributed by atoms with Crippen LogP contribution in [0.5, 0.6) is 0 Å². The molecule has 1 aromatic rings. The molecular weight excluding hydrogens is 392 g/mol. The van der Waals surface area contributed by atoms with Gasteiger partial charge >= 0.3 is 5.97 Å². The van der Waals surface area contributed by atoms with Crippen molar-refractivity contribution in [3.8, 4) is 12.1 Å². The van der Waals surface area contributed by atoms with Crippen LogP contribution in [-0.2, 0) is 9.53 Å². The van der Waals surface area contributed by atoms with Crippen LogP contribution in [0.3, 0.4) is 0 Å². The summed E-state index contributed by atoms with van der Waals surface area (Å²) < 4.78 is 5.05. The summed E-state index contributed by atoms with van der Waals surface area (Å²) in [6, 6.07) is 3.99. The zero-order chi connectivity index (χ0) is 21.9. The lowest BCUT2D eigenvalue weighted by Gasteiger charge is -2.34. The summed E-state index contributed by atoms with van der Waals surface area (Å²) >= 11 is 1.00. The fourth-order valence-electron chi connectivity index (χ4n) is 3.33. The highest BCUT2D eigenvalue weighted by Crippen LogP contribution is 2.42. The lowest BCUT2D eigenvalue weighted by molar-refractivity contribution is -0.125. The van der Waals surface area contributed by atoms with Gasteiger partial charge in [0.05, 0.1) is 46.2 Å². The van der Waals surface area contributed by atoms with E-state index in [9.17, 15) is 24.9 Å². The molecule has 152 valence electrons. The van der Waals surface area contributed by atoms with E-state index >= 15 is 0 Å². The zero-order valence-corrected chi connectivity index (χ0v) is 17.7. The second-order valence-electron chi connectivity index (χ2n) is 7.15. The van der Waals surface area contributed by atoms with E-state index in [4.69, 9.17) is 4.74 Å². The Kier molecular flexibility index (Phi) is 6.55. The number of H-pyrrole nitrogens is 1. The van der Waals surface area contributed by atoms with Crippen LogP contribution in [0.25, 0.3) is 0 Å². The molecule has 1 aliphatic heterocycles. The fourth-order valence-corrected chi connectivity index (χ4v) is 4.38. The molecule has 2 N–H and O–H groups in total. The number of esters is 1. The summed E-state index contributed by atoms with van der Waals surface area (Å²) in [5.74, 6) is -2.52. The van der Waals surface area contributed by atoms with Crippen LogP contribution in [0.15, 0.2) is 10.6 Å². The van der Waals surface area contributed by atoms with Crippen LogP contribution < -0.4 is 5.32 Å². The molecule has 1 atom stereocenters. The number of amides is 1. The highest BCUT2D eigenvalue weighted by molar-refractivity contribution is 8.03. The number of allylic oxidation sites excluding steroid dienone is 1. The van der Waals surface area contributed by atoms with E-state index in [0.29, 0.717) is 11.4 Å². The van der Waals surface area contributed by atoms with E-state index in [1.165, 1.54) is 0 Å². The van der Waals surface area contributed by atoms with Crippen molar-refractivity contribution < 1.29 is 19.1 Å². The lowest BCUT2D eigenvalue weighted by atomic mass is 9.72. The van der Waals surface area contributed by atoms with Crippen molar-refractivity contribution in [2.75, 3.05) is 12.4 Å². The third-order valence-corrected chi connectivity index (χ3v) is 5.82. The number of aromatic nitrogens is 1. The molecule has 1 aromatic heterocycles. The lowest BCUT2D eigenvalue weighted by Crippen LogP contribution is -2.44. The molecule has 9 heteroatoms. The summed E-state index contributed by atoms with van der Waals surface area (Å²) in [4.78, 5) is 40.4. The minimum atomic E-state index is -0.998. The van der Waals surface area contributed by atoms with Gasteiger partial charge in [0.15, 0.2) is 5.78 Å². The molecule has 2 heterocycles. The van der Waals surface area contributed by atoms with E-state index in [1.54, 1.807) is 34.6 Å². The van der Waals surface area contributed by atoms with Gasteiger partial charge in [0.25, 0.3) is 0 Å². The van der Waals surface area contributed by atoms with Gasteiger partial charge in [-0.15, -0.1) is 0 Å². The zero-order valence-electron chi connectivity index (χ0n) is 16.9. The molecule has 0 aromatic carbocycles. The van der Waals surface area contributed by atoms with Gasteiger partial charge in [0, 0.05) is 16.8 Å². The number of thioether (sulfide) groups is 1. The number of nitriles is 2. The van der Waals surface area contributed by atoms with Gasteiger partial charge in [-0.2, -0.15) is 10.5 Å². The van der Waals surface area contributed by atoms with Crippen LogP contribution in [0.2, 0.25) is 0 Å². The van der Waals surface area contributed by atoms with Gasteiger partial charge in [-0.1, -0.05) is 25.6 Å². The molecule has 0 saturated carbocycles. The summed E-state index contributed by atoms with van der Waals surface area (Å²) in [5, 5.41) is 21.7. The number of hydrogen-bond acceptors (Lipinski definition) is 7. The molecule has 0 bridgehead atoms. The maximum Gasteiger partial charge on any atom is 0.340 e. The number of Topliss-reactive ketones (excluding diaryl/α,β-unsaturated/α-hetero) is 1. The first-order chi connectivity index (χ1) is 13.6. The van der Waals surface area contributed by atoms with Crippen molar-refractivity contribution in [2.24, 2.45) is 11.3 Å². The number of aryl methyl sites for hydroxylation is 2. The van der Waals surface area contributed by atoms with E-state index < -0.39 is 23.2 Å². The number of hydrogen-bond donors (Lipinski definition) is 2. The largest absolute Gasteiger partial charge is 0.462 e. The Balaban J connectivity index is 2.34. The van der Waals surface area contributed by atoms with Crippen LogP contribution in [0, 0.1) is 47.8 Å². The Hall–Kier alpha value is -3.04. The molecule has 2 rings (SSSR count). The van der Waals surface area contributed by atoms with Crippen molar-refractivity contribution in [3.05, 3.63) is 33.1 Å². The number of ether oxygens (including phenoxy) is 1. The highest BCUT2D eigenvalue weighted by atomic mass is 32.2. The van der Waals surface area contributed by atoms with Crippen LogP contribution in [0.1, 0.15) is 52.9 Å². The number of carbonyl (C=O) groups is 3. The van der Waals surface area contributed by atoms with Gasteiger partial charge in [-0.3, -0.25) is 9.59 Å². The van der Waals surface area contributed by atoms with Crippen LogP contribution in [-0.4, -0.2) is 35.0 Å². The van der Waals surface area contributed by atoms with Gasteiger partial charge in [0.1, 0.15) is 5.92 Å². The third-order valence-electron chi connectivity index (χ3n) is 4.81. The standard InChI is InChI=1S/C20H22N4O4S/c1-6-28-19(27)16-11(3)23-10(2)15(16)14(25)9-29-18-13(8-22)20(4,5)12(7-21)17(26)24-18/h12,23H,6,9H2,1-5H3,(H,24,26)/t12-/m1/s1. The summed E-state index contributed by atoms with van der Waals surface area (Å²) in [6.07, 6.45) is 0. The molecule has 0 radical (unpaired) electrons. The predicted molar refractivity (Wildman–Crippen MR) is 107 cm³/mol. The Bertz CT molecular complexity index is 991. The molecule has 1 amide bonds. The van der Waals surface area contributed by atoms with Crippen molar-refractivity contribution in [3.63, 3.8) is 0 Å². The molecule has 0 fully saturated rings. The van der Waals surface area contributed by atoms with Crippen LogP contribution in [0.4, 0.5) is 0 Å².